The monoisotopic (exact) mass is 539 g/mol. The molecule has 4 aliphatic rings. The Bertz CT molecular complexity index is 1310. The number of nitrogens with two attached hydrogens (primary N) is 1. The Balaban J connectivity index is 1.28. The molecule has 5 nitrogen and oxygen atoms in total. The third kappa shape index (κ3) is 5.07. The predicted octanol–water partition coefficient (Wildman–Crippen LogP) is 6.73. The molecule has 9 heteroatoms. The molecule has 0 unspecified atom stereocenters. The number of nitrogens with zero attached hydrogens (tertiary/aromatic N) is 2. The molecule has 0 radical (unpaired) electrons. The van der Waals surface area contributed by atoms with Crippen molar-refractivity contribution in [2.75, 3.05) is 48.3 Å². The molecular formula is C29H32F3N5S. The largest absolute Gasteiger partial charge is 0.416 e. The lowest BCUT2D eigenvalue weighted by atomic mass is 10.0. The van der Waals surface area contributed by atoms with Gasteiger partial charge in [-0.15, -0.1) is 0 Å². The Morgan fingerprint density at radius 2 is 1.84 bits per heavy atom. The Morgan fingerprint density at radius 3 is 2.63 bits per heavy atom. The van der Waals surface area contributed by atoms with Crippen LogP contribution in [-0.4, -0.2) is 43.7 Å². The fourth-order valence-corrected chi connectivity index (χ4v) is 6.78. The van der Waals surface area contributed by atoms with E-state index in [-0.39, 0.29) is 6.04 Å². The number of nitrogens with one attached hydrogen (secondary N) is 2. The number of alkyl halides is 3. The molecule has 0 bridgehead atoms. The fourth-order valence-electron chi connectivity index (χ4n) is 5.68. The minimum Gasteiger partial charge on any atom is -0.380 e. The van der Waals surface area contributed by atoms with Crippen LogP contribution >= 0.6 is 11.8 Å². The van der Waals surface area contributed by atoms with Crippen LogP contribution in [0, 0.1) is 0 Å². The Hall–Kier alpha value is -2.88. The summed E-state index contributed by atoms with van der Waals surface area (Å²) in [6.07, 6.45) is 7.95. The summed E-state index contributed by atoms with van der Waals surface area (Å²) in [7, 11) is 0. The zero-order valence-corrected chi connectivity index (χ0v) is 22.0. The average Bonchev–Trinajstić information content (AvgIpc) is 3.16. The fraction of sp³-hybridized carbons (Fsp3) is 0.379. The molecule has 1 saturated heterocycles. The standard InChI is InChI=1S/C29H32F3N5S/c30-29(31,32)20-16-24(34-21-9-12-36(13-10-21)15-11-33)28-27(17-20)38-26-18-22(6-7-23(26)35-28)37-14-8-19-4-2-1-3-5-25(19)37/h2-7,16-18,21,34-35H,1,8-15,33H2. The Labute approximate surface area is 225 Å². The number of likely N-dealkylation sites (tertiary alicyclic amines) is 1. The SMILES string of the molecule is NCCN1CCC(Nc2cc(C(F)(F)F)cc3c2Nc2ccc(N4CCC5=C4C=CCC=C5)cc2S3)CC1. The summed E-state index contributed by atoms with van der Waals surface area (Å²) in [4.78, 5) is 6.12. The maximum Gasteiger partial charge on any atom is 0.416 e. The van der Waals surface area contributed by atoms with Gasteiger partial charge in [-0.2, -0.15) is 13.2 Å². The van der Waals surface area contributed by atoms with Crippen molar-refractivity contribution in [3.63, 3.8) is 0 Å². The van der Waals surface area contributed by atoms with Gasteiger partial charge in [0.1, 0.15) is 0 Å². The number of fused-ring (bicyclic) bond motifs is 2. The molecule has 0 saturated carbocycles. The number of hydrogen-bond acceptors (Lipinski definition) is 6. The van der Waals surface area contributed by atoms with E-state index in [0.717, 1.165) is 73.8 Å². The van der Waals surface area contributed by atoms with E-state index < -0.39 is 11.7 Å². The molecular weight excluding hydrogens is 507 g/mol. The normalized spacial score (nSPS) is 19.6. The van der Waals surface area contributed by atoms with Gasteiger partial charge >= 0.3 is 6.18 Å². The molecule has 2 aromatic rings. The molecule has 0 aromatic heterocycles. The molecule has 2 aromatic carbocycles. The van der Waals surface area contributed by atoms with Gasteiger partial charge < -0.3 is 26.2 Å². The van der Waals surface area contributed by atoms with Crippen LogP contribution in [0.2, 0.25) is 0 Å². The predicted molar refractivity (Wildman–Crippen MR) is 149 cm³/mol. The highest BCUT2D eigenvalue weighted by Crippen LogP contribution is 2.51. The number of halogens is 3. The molecule has 4 N–H and O–H groups in total. The van der Waals surface area contributed by atoms with Crippen molar-refractivity contribution < 1.29 is 13.2 Å². The second-order valence-electron chi connectivity index (χ2n) is 10.2. The van der Waals surface area contributed by atoms with Gasteiger partial charge in [-0.1, -0.05) is 30.0 Å². The lowest BCUT2D eigenvalue weighted by Gasteiger charge is -2.34. The first kappa shape index (κ1) is 25.4. The minimum atomic E-state index is -4.42. The summed E-state index contributed by atoms with van der Waals surface area (Å²) in [5.41, 5.74) is 10.8. The van der Waals surface area contributed by atoms with E-state index in [9.17, 15) is 13.2 Å². The molecule has 0 spiro atoms. The van der Waals surface area contributed by atoms with E-state index in [1.807, 2.05) is 6.07 Å². The minimum absolute atomic E-state index is 0.117. The first-order valence-corrected chi connectivity index (χ1v) is 14.1. The number of hydrogen-bond donors (Lipinski definition) is 3. The number of rotatable bonds is 5. The van der Waals surface area contributed by atoms with Crippen molar-refractivity contribution in [3.05, 3.63) is 71.5 Å². The lowest BCUT2D eigenvalue weighted by molar-refractivity contribution is -0.137. The van der Waals surface area contributed by atoms with Crippen LogP contribution in [0.1, 0.15) is 31.2 Å². The Morgan fingerprint density at radius 1 is 1.03 bits per heavy atom. The van der Waals surface area contributed by atoms with Crippen molar-refractivity contribution in [1.82, 2.24) is 4.90 Å². The second-order valence-corrected chi connectivity index (χ2v) is 11.3. The smallest absolute Gasteiger partial charge is 0.380 e. The lowest BCUT2D eigenvalue weighted by Crippen LogP contribution is -2.41. The molecule has 3 aliphatic heterocycles. The van der Waals surface area contributed by atoms with Crippen molar-refractivity contribution in [2.45, 2.75) is 47.7 Å². The highest BCUT2D eigenvalue weighted by atomic mass is 32.2. The summed E-state index contributed by atoms with van der Waals surface area (Å²) in [6.45, 7) is 4.15. The second kappa shape index (κ2) is 10.4. The zero-order valence-electron chi connectivity index (χ0n) is 21.2. The van der Waals surface area contributed by atoms with Crippen LogP contribution in [0.25, 0.3) is 0 Å². The van der Waals surface area contributed by atoms with Crippen LogP contribution in [0.5, 0.6) is 0 Å². The molecule has 38 heavy (non-hydrogen) atoms. The molecule has 200 valence electrons. The maximum atomic E-state index is 13.9. The van der Waals surface area contributed by atoms with Crippen LogP contribution in [0.3, 0.4) is 0 Å². The maximum absolute atomic E-state index is 13.9. The number of anilines is 4. The van der Waals surface area contributed by atoms with Gasteiger partial charge in [0, 0.05) is 59.9 Å². The van der Waals surface area contributed by atoms with Gasteiger partial charge in [0.2, 0.25) is 0 Å². The van der Waals surface area contributed by atoms with Crippen molar-refractivity contribution in [2.24, 2.45) is 5.73 Å². The van der Waals surface area contributed by atoms with E-state index in [4.69, 9.17) is 5.73 Å². The van der Waals surface area contributed by atoms with Gasteiger partial charge in [-0.25, -0.2) is 0 Å². The third-order valence-electron chi connectivity index (χ3n) is 7.67. The van der Waals surface area contributed by atoms with Crippen molar-refractivity contribution >= 4 is 34.5 Å². The third-order valence-corrected chi connectivity index (χ3v) is 8.77. The summed E-state index contributed by atoms with van der Waals surface area (Å²) in [6, 6.07) is 8.87. The molecule has 6 rings (SSSR count). The molecule has 1 aliphatic carbocycles. The highest BCUT2D eigenvalue weighted by molar-refractivity contribution is 7.99. The van der Waals surface area contributed by atoms with Gasteiger partial charge in [0.25, 0.3) is 0 Å². The average molecular weight is 540 g/mol. The topological polar surface area (TPSA) is 56.6 Å². The quantitative estimate of drug-likeness (QED) is 0.334. The first-order chi connectivity index (χ1) is 18.4. The van der Waals surface area contributed by atoms with Gasteiger partial charge in [-0.3, -0.25) is 0 Å². The highest BCUT2D eigenvalue weighted by Gasteiger charge is 2.34. The van der Waals surface area contributed by atoms with Gasteiger partial charge in [-0.05, 0) is 67.7 Å². The number of piperidine rings is 1. The van der Waals surface area contributed by atoms with Gasteiger partial charge in [0.15, 0.2) is 0 Å². The molecule has 3 heterocycles. The molecule has 0 amide bonds. The molecule has 1 fully saturated rings. The number of benzene rings is 2. The summed E-state index contributed by atoms with van der Waals surface area (Å²) in [5.74, 6) is 0. The number of allylic oxidation sites excluding steroid dienone is 4. The van der Waals surface area contributed by atoms with Crippen molar-refractivity contribution in [3.8, 4) is 0 Å². The van der Waals surface area contributed by atoms with E-state index in [1.54, 1.807) is 0 Å². The van der Waals surface area contributed by atoms with Crippen LogP contribution < -0.4 is 21.3 Å². The van der Waals surface area contributed by atoms with Crippen molar-refractivity contribution in [1.29, 1.82) is 0 Å². The first-order valence-electron chi connectivity index (χ1n) is 13.3. The van der Waals surface area contributed by atoms with E-state index in [2.05, 4.69) is 56.9 Å². The zero-order chi connectivity index (χ0) is 26.3. The van der Waals surface area contributed by atoms with Crippen LogP contribution in [0.4, 0.5) is 35.9 Å². The van der Waals surface area contributed by atoms with E-state index >= 15 is 0 Å². The van der Waals surface area contributed by atoms with E-state index in [0.29, 0.717) is 17.1 Å². The summed E-state index contributed by atoms with van der Waals surface area (Å²) in [5, 5.41) is 6.90. The summed E-state index contributed by atoms with van der Waals surface area (Å²) >= 11 is 1.40. The van der Waals surface area contributed by atoms with Crippen LogP contribution in [-0.2, 0) is 6.18 Å². The van der Waals surface area contributed by atoms with Crippen LogP contribution in [0.15, 0.2) is 75.7 Å². The van der Waals surface area contributed by atoms with E-state index in [1.165, 1.54) is 35.2 Å². The van der Waals surface area contributed by atoms with Gasteiger partial charge in [0.05, 0.1) is 22.6 Å². The molecule has 0 atom stereocenters. The summed E-state index contributed by atoms with van der Waals surface area (Å²) < 4.78 is 41.7. The Kier molecular flexibility index (Phi) is 6.92.